The molecule has 0 unspecified atom stereocenters. The van der Waals surface area contributed by atoms with Crippen LogP contribution >= 0.6 is 23.4 Å². The highest BCUT2D eigenvalue weighted by molar-refractivity contribution is 7.99. The highest BCUT2D eigenvalue weighted by Gasteiger charge is 2.19. The Morgan fingerprint density at radius 2 is 1.97 bits per heavy atom. The van der Waals surface area contributed by atoms with Gasteiger partial charge in [-0.3, -0.25) is 9.69 Å². The molecule has 156 valence electrons. The molecule has 0 radical (unpaired) electrons. The van der Waals surface area contributed by atoms with Gasteiger partial charge in [0.2, 0.25) is 0 Å². The van der Waals surface area contributed by atoms with Crippen LogP contribution in [0.15, 0.2) is 42.5 Å². The van der Waals surface area contributed by atoms with E-state index in [1.165, 1.54) is 17.1 Å². The largest absolute Gasteiger partial charge is 0.320 e. The number of carbonyl (C=O) groups is 1. The van der Waals surface area contributed by atoms with Gasteiger partial charge in [-0.15, -0.1) is 5.10 Å². The first kappa shape index (κ1) is 20.9. The van der Waals surface area contributed by atoms with Gasteiger partial charge >= 0.3 is 0 Å². The van der Waals surface area contributed by atoms with Gasteiger partial charge < -0.3 is 5.32 Å². The van der Waals surface area contributed by atoms with Gasteiger partial charge in [0.15, 0.2) is 5.69 Å². The van der Waals surface area contributed by atoms with E-state index in [0.717, 1.165) is 36.6 Å². The topological polar surface area (TPSA) is 63.1 Å². The predicted octanol–water partition coefficient (Wildman–Crippen LogP) is 4.34. The summed E-state index contributed by atoms with van der Waals surface area (Å²) in [6, 6.07) is 13.5. The van der Waals surface area contributed by atoms with E-state index < -0.39 is 0 Å². The van der Waals surface area contributed by atoms with Crippen LogP contribution in [0.1, 0.15) is 27.3 Å². The number of amides is 1. The molecule has 8 heteroatoms. The third-order valence-electron chi connectivity index (χ3n) is 5.21. The van der Waals surface area contributed by atoms with Crippen molar-refractivity contribution in [3.8, 4) is 5.69 Å². The Labute approximate surface area is 185 Å². The molecule has 1 aliphatic rings. The lowest BCUT2D eigenvalue weighted by atomic mass is 10.1. The van der Waals surface area contributed by atoms with Gasteiger partial charge in [0, 0.05) is 41.8 Å². The molecule has 0 aliphatic carbocycles. The standard InChI is InChI=1S/C22H24ClN5OS/c1-15-12-17(14-27-8-10-30-11-9-27)6-7-20(15)24-22(29)21-16(2)28(26-25-21)19-5-3-4-18(23)13-19/h3-7,12-13H,8-11,14H2,1-2H3,(H,24,29). The summed E-state index contributed by atoms with van der Waals surface area (Å²) in [5.74, 6) is 2.12. The van der Waals surface area contributed by atoms with Crippen molar-refractivity contribution < 1.29 is 4.79 Å². The smallest absolute Gasteiger partial charge is 0.278 e. The molecule has 2 aromatic carbocycles. The summed E-state index contributed by atoms with van der Waals surface area (Å²) in [6.45, 7) is 7.04. The highest BCUT2D eigenvalue weighted by atomic mass is 35.5. The lowest BCUT2D eigenvalue weighted by Crippen LogP contribution is -2.31. The van der Waals surface area contributed by atoms with E-state index in [1.54, 1.807) is 16.8 Å². The Hall–Kier alpha value is -2.35. The second kappa shape index (κ2) is 9.20. The number of hydrogen-bond donors (Lipinski definition) is 1. The number of thioether (sulfide) groups is 1. The number of rotatable bonds is 5. The fourth-order valence-corrected chi connectivity index (χ4v) is 4.72. The van der Waals surface area contributed by atoms with Crippen LogP contribution < -0.4 is 5.32 Å². The lowest BCUT2D eigenvalue weighted by Gasteiger charge is -2.26. The maximum absolute atomic E-state index is 12.8. The summed E-state index contributed by atoms with van der Waals surface area (Å²) >= 11 is 8.08. The monoisotopic (exact) mass is 441 g/mol. The quantitative estimate of drug-likeness (QED) is 0.638. The van der Waals surface area contributed by atoms with Gasteiger partial charge in [-0.25, -0.2) is 4.68 Å². The van der Waals surface area contributed by atoms with E-state index in [9.17, 15) is 4.79 Å². The normalized spacial score (nSPS) is 14.6. The van der Waals surface area contributed by atoms with E-state index >= 15 is 0 Å². The number of aromatic nitrogens is 3. The molecule has 3 aromatic rings. The minimum atomic E-state index is -0.273. The molecule has 0 saturated carbocycles. The van der Waals surface area contributed by atoms with E-state index in [2.05, 4.69) is 32.7 Å². The molecule has 1 aliphatic heterocycles. The summed E-state index contributed by atoms with van der Waals surface area (Å²) in [5.41, 5.74) is 4.81. The molecule has 1 amide bonds. The van der Waals surface area contributed by atoms with Crippen LogP contribution in [0.4, 0.5) is 5.69 Å². The molecule has 1 N–H and O–H groups in total. The van der Waals surface area contributed by atoms with Crippen LogP contribution in [-0.2, 0) is 6.54 Å². The molecule has 1 aromatic heterocycles. The van der Waals surface area contributed by atoms with Gasteiger partial charge in [-0.1, -0.05) is 35.0 Å². The summed E-state index contributed by atoms with van der Waals surface area (Å²) in [4.78, 5) is 15.3. The number of nitrogens with one attached hydrogen (secondary N) is 1. The predicted molar refractivity (Wildman–Crippen MR) is 123 cm³/mol. The fraction of sp³-hybridized carbons (Fsp3) is 0.318. The summed E-state index contributed by atoms with van der Waals surface area (Å²) in [6.07, 6.45) is 0. The van der Waals surface area contributed by atoms with Gasteiger partial charge in [-0.05, 0) is 49.2 Å². The van der Waals surface area contributed by atoms with Crippen molar-refractivity contribution in [1.29, 1.82) is 0 Å². The van der Waals surface area contributed by atoms with Crippen molar-refractivity contribution in [2.75, 3.05) is 29.9 Å². The molecule has 2 heterocycles. The van der Waals surface area contributed by atoms with Gasteiger partial charge in [0.05, 0.1) is 11.4 Å². The van der Waals surface area contributed by atoms with Crippen LogP contribution in [0.3, 0.4) is 0 Å². The second-order valence-electron chi connectivity index (χ2n) is 7.41. The molecule has 0 spiro atoms. The van der Waals surface area contributed by atoms with Crippen molar-refractivity contribution >= 4 is 35.0 Å². The molecular formula is C22H24ClN5OS. The zero-order chi connectivity index (χ0) is 21.1. The van der Waals surface area contributed by atoms with Gasteiger partial charge in [0.1, 0.15) is 0 Å². The first-order valence-electron chi connectivity index (χ1n) is 9.90. The minimum Gasteiger partial charge on any atom is -0.320 e. The number of anilines is 1. The SMILES string of the molecule is Cc1cc(CN2CCSCC2)ccc1NC(=O)c1nnn(-c2cccc(Cl)c2)c1C. The molecule has 1 fully saturated rings. The number of carbonyl (C=O) groups excluding carboxylic acids is 1. The highest BCUT2D eigenvalue weighted by Crippen LogP contribution is 2.21. The van der Waals surface area contributed by atoms with Crippen LogP contribution in [-0.4, -0.2) is 50.4 Å². The van der Waals surface area contributed by atoms with Crippen molar-refractivity contribution in [2.24, 2.45) is 0 Å². The van der Waals surface area contributed by atoms with Crippen molar-refractivity contribution in [1.82, 2.24) is 19.9 Å². The summed E-state index contributed by atoms with van der Waals surface area (Å²) in [5, 5.41) is 11.8. The Morgan fingerprint density at radius 3 is 2.70 bits per heavy atom. The number of halogens is 1. The fourth-order valence-electron chi connectivity index (χ4n) is 3.56. The molecule has 1 saturated heterocycles. The first-order valence-corrected chi connectivity index (χ1v) is 11.4. The van der Waals surface area contributed by atoms with Gasteiger partial charge in [-0.2, -0.15) is 11.8 Å². The Kier molecular flexibility index (Phi) is 6.41. The second-order valence-corrected chi connectivity index (χ2v) is 9.07. The van der Waals surface area contributed by atoms with Crippen LogP contribution in [0, 0.1) is 13.8 Å². The number of aryl methyl sites for hydroxylation is 1. The Balaban J connectivity index is 1.47. The molecule has 0 atom stereocenters. The number of hydrogen-bond acceptors (Lipinski definition) is 5. The number of benzene rings is 2. The van der Waals surface area contributed by atoms with Gasteiger partial charge in [0.25, 0.3) is 5.91 Å². The van der Waals surface area contributed by atoms with E-state index in [4.69, 9.17) is 11.6 Å². The van der Waals surface area contributed by atoms with E-state index in [1.807, 2.05) is 43.8 Å². The average molecular weight is 442 g/mol. The minimum absolute atomic E-state index is 0.273. The third-order valence-corrected chi connectivity index (χ3v) is 6.39. The maximum Gasteiger partial charge on any atom is 0.278 e. The van der Waals surface area contributed by atoms with Crippen molar-refractivity contribution in [3.63, 3.8) is 0 Å². The third kappa shape index (κ3) is 4.69. The van der Waals surface area contributed by atoms with Crippen molar-refractivity contribution in [3.05, 3.63) is 70.0 Å². The van der Waals surface area contributed by atoms with Crippen molar-refractivity contribution in [2.45, 2.75) is 20.4 Å². The zero-order valence-corrected chi connectivity index (χ0v) is 18.6. The molecular weight excluding hydrogens is 418 g/mol. The van der Waals surface area contributed by atoms with Crippen LogP contribution in [0.25, 0.3) is 5.69 Å². The zero-order valence-electron chi connectivity index (χ0n) is 17.1. The Bertz CT molecular complexity index is 1060. The molecule has 6 nitrogen and oxygen atoms in total. The Morgan fingerprint density at radius 1 is 1.17 bits per heavy atom. The summed E-state index contributed by atoms with van der Waals surface area (Å²) < 4.78 is 1.62. The number of nitrogens with zero attached hydrogens (tertiary/aromatic N) is 4. The summed E-state index contributed by atoms with van der Waals surface area (Å²) in [7, 11) is 0. The maximum atomic E-state index is 12.8. The van der Waals surface area contributed by atoms with Crippen LogP contribution in [0.5, 0.6) is 0 Å². The molecule has 30 heavy (non-hydrogen) atoms. The van der Waals surface area contributed by atoms with Crippen LogP contribution in [0.2, 0.25) is 5.02 Å². The average Bonchev–Trinajstić information content (AvgIpc) is 3.12. The first-order chi connectivity index (χ1) is 14.5. The molecule has 0 bridgehead atoms. The lowest BCUT2D eigenvalue weighted by molar-refractivity contribution is 0.102. The van der Waals surface area contributed by atoms with E-state index in [0.29, 0.717) is 16.4 Å². The molecule has 4 rings (SSSR count). The van der Waals surface area contributed by atoms with E-state index in [-0.39, 0.29) is 5.91 Å².